The second-order valence-corrected chi connectivity index (χ2v) is 6.40. The Morgan fingerprint density at radius 3 is 2.76 bits per heavy atom. The van der Waals surface area contributed by atoms with Crippen LogP contribution in [0.4, 0.5) is 0 Å². The average Bonchev–Trinajstić information content (AvgIpc) is 2.46. The van der Waals surface area contributed by atoms with Crippen LogP contribution in [0.5, 0.6) is 5.75 Å². The number of ether oxygens (including phenoxy) is 1. The van der Waals surface area contributed by atoms with Crippen molar-refractivity contribution in [2.24, 2.45) is 5.92 Å². The molecule has 0 radical (unpaired) electrons. The summed E-state index contributed by atoms with van der Waals surface area (Å²) in [7, 11) is 2.04. The fourth-order valence-electron chi connectivity index (χ4n) is 2.70. The molecule has 0 spiro atoms. The first-order chi connectivity index (χ1) is 9.78. The van der Waals surface area contributed by atoms with Crippen LogP contribution in [0.15, 0.2) is 28.7 Å². The average molecular weight is 378 g/mol. The molecule has 1 N–H and O–H groups in total. The maximum atomic E-state index is 5.80. The van der Waals surface area contributed by atoms with Crippen molar-refractivity contribution in [3.8, 4) is 5.75 Å². The summed E-state index contributed by atoms with van der Waals surface area (Å²) < 4.78 is 6.87. The predicted molar refractivity (Wildman–Crippen MR) is 94.6 cm³/mol. The van der Waals surface area contributed by atoms with Crippen molar-refractivity contribution in [1.82, 2.24) is 10.2 Å². The lowest BCUT2D eigenvalue weighted by Crippen LogP contribution is -2.37. The van der Waals surface area contributed by atoms with Gasteiger partial charge in [-0.25, -0.2) is 0 Å². The standard InChI is InChI=1S/C16H25BrN2O.ClH/c1-18-8-5-14-6-9-19(10-7-14)11-12-20-16-4-2-3-15(17)13-16;/h2-4,13-14,18H,5-12H2,1H3;1H. The molecule has 1 heterocycles. The maximum absolute atomic E-state index is 5.80. The first kappa shape index (κ1) is 18.8. The molecule has 1 fully saturated rings. The minimum atomic E-state index is 0. The van der Waals surface area contributed by atoms with Crippen LogP contribution in [0.2, 0.25) is 0 Å². The lowest BCUT2D eigenvalue weighted by Gasteiger charge is -2.31. The molecule has 0 atom stereocenters. The monoisotopic (exact) mass is 376 g/mol. The van der Waals surface area contributed by atoms with Crippen LogP contribution in [0.25, 0.3) is 0 Å². The molecular formula is C16H26BrClN2O. The molecule has 1 aliphatic heterocycles. The van der Waals surface area contributed by atoms with E-state index in [-0.39, 0.29) is 12.4 Å². The van der Waals surface area contributed by atoms with Crippen molar-refractivity contribution in [2.75, 3.05) is 39.8 Å². The van der Waals surface area contributed by atoms with E-state index in [1.807, 2.05) is 31.3 Å². The van der Waals surface area contributed by atoms with E-state index in [4.69, 9.17) is 4.74 Å². The zero-order valence-corrected chi connectivity index (χ0v) is 15.1. The quantitative estimate of drug-likeness (QED) is 0.786. The molecule has 0 saturated carbocycles. The minimum Gasteiger partial charge on any atom is -0.492 e. The summed E-state index contributed by atoms with van der Waals surface area (Å²) in [5.74, 6) is 1.85. The molecule has 1 aromatic rings. The van der Waals surface area contributed by atoms with E-state index in [2.05, 4.69) is 26.1 Å². The lowest BCUT2D eigenvalue weighted by molar-refractivity contribution is 0.151. The molecule has 0 bridgehead atoms. The summed E-state index contributed by atoms with van der Waals surface area (Å²) in [4.78, 5) is 2.52. The van der Waals surface area contributed by atoms with E-state index >= 15 is 0 Å². The van der Waals surface area contributed by atoms with Gasteiger partial charge in [-0.3, -0.25) is 4.90 Å². The van der Waals surface area contributed by atoms with Crippen molar-refractivity contribution in [2.45, 2.75) is 19.3 Å². The molecule has 0 aliphatic carbocycles. The summed E-state index contributed by atoms with van der Waals surface area (Å²) in [6, 6.07) is 8.05. The van der Waals surface area contributed by atoms with Gasteiger partial charge in [-0.2, -0.15) is 0 Å². The van der Waals surface area contributed by atoms with Crippen LogP contribution in [0.1, 0.15) is 19.3 Å². The van der Waals surface area contributed by atoms with Gasteiger partial charge >= 0.3 is 0 Å². The fourth-order valence-corrected chi connectivity index (χ4v) is 3.07. The molecule has 5 heteroatoms. The summed E-state index contributed by atoms with van der Waals surface area (Å²) in [6.07, 6.45) is 3.98. The Bertz CT molecular complexity index is 398. The maximum Gasteiger partial charge on any atom is 0.120 e. The Balaban J connectivity index is 0.00000220. The van der Waals surface area contributed by atoms with Gasteiger partial charge in [0.15, 0.2) is 0 Å². The Kier molecular flexibility index (Phi) is 9.32. The Morgan fingerprint density at radius 1 is 1.33 bits per heavy atom. The van der Waals surface area contributed by atoms with E-state index in [1.54, 1.807) is 0 Å². The zero-order chi connectivity index (χ0) is 14.2. The second kappa shape index (κ2) is 10.4. The van der Waals surface area contributed by atoms with Crippen LogP contribution in [-0.2, 0) is 0 Å². The van der Waals surface area contributed by atoms with E-state index in [1.165, 1.54) is 32.4 Å². The van der Waals surface area contributed by atoms with Crippen LogP contribution < -0.4 is 10.1 Å². The van der Waals surface area contributed by atoms with Crippen LogP contribution in [-0.4, -0.2) is 44.7 Å². The molecule has 0 unspecified atom stereocenters. The van der Waals surface area contributed by atoms with Crippen molar-refractivity contribution in [1.29, 1.82) is 0 Å². The fraction of sp³-hybridized carbons (Fsp3) is 0.625. The van der Waals surface area contributed by atoms with Gasteiger partial charge in [-0.1, -0.05) is 22.0 Å². The van der Waals surface area contributed by atoms with Crippen molar-refractivity contribution >= 4 is 28.3 Å². The normalized spacial score (nSPS) is 16.5. The molecule has 2 rings (SSSR count). The van der Waals surface area contributed by atoms with Crippen molar-refractivity contribution < 1.29 is 4.74 Å². The number of rotatable bonds is 7. The summed E-state index contributed by atoms with van der Waals surface area (Å²) in [5, 5.41) is 3.25. The number of likely N-dealkylation sites (tertiary alicyclic amines) is 1. The van der Waals surface area contributed by atoms with Gasteiger partial charge in [0, 0.05) is 11.0 Å². The Labute approximate surface area is 143 Å². The summed E-state index contributed by atoms with van der Waals surface area (Å²) in [5.41, 5.74) is 0. The van der Waals surface area contributed by atoms with Crippen LogP contribution >= 0.6 is 28.3 Å². The molecule has 1 aliphatic rings. The van der Waals surface area contributed by atoms with Crippen LogP contribution in [0, 0.1) is 5.92 Å². The van der Waals surface area contributed by atoms with Gasteiger partial charge in [0.2, 0.25) is 0 Å². The molecule has 1 aromatic carbocycles. The summed E-state index contributed by atoms with van der Waals surface area (Å²) in [6.45, 7) is 5.39. The molecule has 3 nitrogen and oxygen atoms in total. The highest BCUT2D eigenvalue weighted by Crippen LogP contribution is 2.20. The van der Waals surface area contributed by atoms with Crippen molar-refractivity contribution in [3.63, 3.8) is 0 Å². The minimum absolute atomic E-state index is 0. The third kappa shape index (κ3) is 7.00. The number of nitrogens with one attached hydrogen (secondary N) is 1. The molecule has 120 valence electrons. The third-order valence-corrected chi connectivity index (χ3v) is 4.48. The number of hydrogen-bond acceptors (Lipinski definition) is 3. The van der Waals surface area contributed by atoms with Gasteiger partial charge in [-0.15, -0.1) is 12.4 Å². The SMILES string of the molecule is CNCCC1CCN(CCOc2cccc(Br)c2)CC1.Cl. The van der Waals surface area contributed by atoms with E-state index in [0.29, 0.717) is 0 Å². The van der Waals surface area contributed by atoms with Gasteiger partial charge in [0.1, 0.15) is 12.4 Å². The highest BCUT2D eigenvalue weighted by molar-refractivity contribution is 9.10. The van der Waals surface area contributed by atoms with E-state index < -0.39 is 0 Å². The van der Waals surface area contributed by atoms with E-state index in [0.717, 1.165) is 35.8 Å². The van der Waals surface area contributed by atoms with Crippen LogP contribution in [0.3, 0.4) is 0 Å². The highest BCUT2D eigenvalue weighted by atomic mass is 79.9. The topological polar surface area (TPSA) is 24.5 Å². The third-order valence-electron chi connectivity index (χ3n) is 3.98. The molecule has 0 amide bonds. The Morgan fingerprint density at radius 2 is 2.10 bits per heavy atom. The van der Waals surface area contributed by atoms with E-state index in [9.17, 15) is 0 Å². The number of hydrogen-bond donors (Lipinski definition) is 1. The first-order valence-electron chi connectivity index (χ1n) is 7.53. The second-order valence-electron chi connectivity index (χ2n) is 5.48. The Hall–Kier alpha value is -0.290. The van der Waals surface area contributed by atoms with Gasteiger partial charge in [0.25, 0.3) is 0 Å². The summed E-state index contributed by atoms with van der Waals surface area (Å²) >= 11 is 3.46. The zero-order valence-electron chi connectivity index (χ0n) is 12.7. The molecule has 1 saturated heterocycles. The largest absolute Gasteiger partial charge is 0.492 e. The number of nitrogens with zero attached hydrogens (tertiary/aromatic N) is 1. The van der Waals surface area contributed by atoms with Gasteiger partial charge in [0.05, 0.1) is 0 Å². The lowest BCUT2D eigenvalue weighted by atomic mass is 9.93. The molecular weight excluding hydrogens is 352 g/mol. The number of piperidine rings is 1. The van der Waals surface area contributed by atoms with Gasteiger partial charge < -0.3 is 10.1 Å². The smallest absolute Gasteiger partial charge is 0.120 e. The highest BCUT2D eigenvalue weighted by Gasteiger charge is 2.18. The van der Waals surface area contributed by atoms with Crippen molar-refractivity contribution in [3.05, 3.63) is 28.7 Å². The first-order valence-corrected chi connectivity index (χ1v) is 8.32. The number of benzene rings is 1. The molecule has 0 aromatic heterocycles. The van der Waals surface area contributed by atoms with Gasteiger partial charge in [-0.05, 0) is 70.1 Å². The number of halogens is 2. The predicted octanol–water partition coefficient (Wildman–Crippen LogP) is 3.57. The molecule has 21 heavy (non-hydrogen) atoms.